The fourth-order valence-electron chi connectivity index (χ4n) is 2.83. The third kappa shape index (κ3) is 1.88. The fraction of sp³-hybridized carbons (Fsp3) is 0.0526. The average Bonchev–Trinajstić information content (AvgIpc) is 3.09. The van der Waals surface area contributed by atoms with Crippen molar-refractivity contribution in [2.75, 3.05) is 0 Å². The van der Waals surface area contributed by atoms with Crippen molar-refractivity contribution in [3.8, 4) is 0 Å². The van der Waals surface area contributed by atoms with Crippen molar-refractivity contribution >= 4 is 12.2 Å². The second-order valence-electron chi connectivity index (χ2n) is 5.14. The lowest BCUT2D eigenvalue weighted by atomic mass is 10.2. The van der Waals surface area contributed by atoms with Crippen LogP contribution in [0.3, 0.4) is 0 Å². The topological polar surface area (TPSA) is 15.4 Å². The zero-order chi connectivity index (χ0) is 14.2. The molecule has 0 aromatic heterocycles. The molecule has 0 saturated carbocycles. The minimum Gasteiger partial charge on any atom is -0.241 e. The highest BCUT2D eigenvalue weighted by molar-refractivity contribution is 5.63. The molecule has 0 amide bonds. The van der Waals surface area contributed by atoms with Crippen LogP contribution in [-0.4, -0.2) is 0 Å². The van der Waals surface area contributed by atoms with Crippen molar-refractivity contribution in [2.45, 2.75) is 6.92 Å². The first-order chi connectivity index (χ1) is 10.4. The molecule has 2 aliphatic heterocycles. The van der Waals surface area contributed by atoms with Crippen LogP contribution in [-0.2, 0) is 0 Å². The first-order valence-corrected chi connectivity index (χ1v) is 7.12. The van der Waals surface area contributed by atoms with Crippen LogP contribution >= 0.6 is 0 Å². The summed E-state index contributed by atoms with van der Waals surface area (Å²) in [6.07, 6.45) is 8.51. The first kappa shape index (κ1) is 12.0. The van der Waals surface area contributed by atoms with Gasteiger partial charge in [0, 0.05) is 17.4 Å². The van der Waals surface area contributed by atoms with E-state index in [0.29, 0.717) is 0 Å². The summed E-state index contributed by atoms with van der Waals surface area (Å²) in [7, 11) is 0. The number of benzene rings is 2. The highest BCUT2D eigenvalue weighted by Crippen LogP contribution is 2.13. The summed E-state index contributed by atoms with van der Waals surface area (Å²) in [5.74, 6) is 0. The highest BCUT2D eigenvalue weighted by Gasteiger charge is 2.21. The van der Waals surface area contributed by atoms with Crippen LogP contribution in [0.4, 0.5) is 0 Å². The molecule has 0 bridgehead atoms. The molecule has 0 atom stereocenters. The standard InChI is InChI=1S/C19H15N2/c1-2-11-21-18-10-6-4-8-15(18)13-19(21)17-12-14-7-3-5-9-16(14)20-17/h2-13H,1H3/q+1. The van der Waals surface area contributed by atoms with Crippen LogP contribution in [0.1, 0.15) is 6.92 Å². The minimum absolute atomic E-state index is 1.02. The Hall–Kier alpha value is -2.74. The molecule has 4 rings (SSSR count). The lowest BCUT2D eigenvalue weighted by Gasteiger charge is -1.95. The Bertz CT molecular complexity index is 1000. The van der Waals surface area contributed by atoms with Gasteiger partial charge in [-0.05, 0) is 31.2 Å². The lowest BCUT2D eigenvalue weighted by Crippen LogP contribution is -2.29. The smallest absolute Gasteiger partial charge is 0.237 e. The van der Waals surface area contributed by atoms with Gasteiger partial charge in [0.15, 0.2) is 6.20 Å². The van der Waals surface area contributed by atoms with Gasteiger partial charge in [0.2, 0.25) is 11.1 Å². The van der Waals surface area contributed by atoms with E-state index in [-0.39, 0.29) is 0 Å². The van der Waals surface area contributed by atoms with Gasteiger partial charge >= 0.3 is 0 Å². The lowest BCUT2D eigenvalue weighted by molar-refractivity contribution is 0.912. The van der Waals surface area contributed by atoms with Gasteiger partial charge in [-0.2, -0.15) is 4.58 Å². The normalized spacial score (nSPS) is 19.0. The Morgan fingerprint density at radius 2 is 1.67 bits per heavy atom. The summed E-state index contributed by atoms with van der Waals surface area (Å²) < 4.78 is 2.20. The van der Waals surface area contributed by atoms with Crippen LogP contribution in [0.15, 0.2) is 77.2 Å². The van der Waals surface area contributed by atoms with E-state index in [0.717, 1.165) is 16.8 Å². The summed E-state index contributed by atoms with van der Waals surface area (Å²) >= 11 is 0. The van der Waals surface area contributed by atoms with Crippen LogP contribution in [0.25, 0.3) is 12.2 Å². The molecule has 100 valence electrons. The number of nitrogens with zero attached hydrogens (tertiary/aromatic N) is 2. The van der Waals surface area contributed by atoms with E-state index in [4.69, 9.17) is 4.99 Å². The Kier molecular flexibility index (Phi) is 2.68. The quantitative estimate of drug-likeness (QED) is 0.683. The van der Waals surface area contributed by atoms with Gasteiger partial charge in [0.05, 0.1) is 10.6 Å². The van der Waals surface area contributed by atoms with Crippen molar-refractivity contribution in [3.63, 3.8) is 0 Å². The van der Waals surface area contributed by atoms with Gasteiger partial charge in [0.1, 0.15) is 5.70 Å². The Morgan fingerprint density at radius 3 is 2.48 bits per heavy atom. The van der Waals surface area contributed by atoms with E-state index in [1.165, 1.54) is 15.8 Å². The molecule has 0 N–H and O–H groups in total. The van der Waals surface area contributed by atoms with E-state index in [1.807, 2.05) is 13.0 Å². The molecule has 2 aromatic rings. The van der Waals surface area contributed by atoms with Crippen LogP contribution in [0.5, 0.6) is 0 Å². The van der Waals surface area contributed by atoms with Crippen molar-refractivity contribution in [1.82, 2.24) is 4.58 Å². The summed E-state index contributed by atoms with van der Waals surface area (Å²) in [4.78, 5) is 4.77. The van der Waals surface area contributed by atoms with Crippen molar-refractivity contribution in [1.29, 1.82) is 0 Å². The van der Waals surface area contributed by atoms with E-state index < -0.39 is 0 Å². The fourth-order valence-corrected chi connectivity index (χ4v) is 2.83. The molecule has 2 aliphatic rings. The number of hydrogen-bond acceptors (Lipinski definition) is 1. The molecule has 2 aromatic carbocycles. The van der Waals surface area contributed by atoms with E-state index in [2.05, 4.69) is 71.5 Å². The summed E-state index contributed by atoms with van der Waals surface area (Å²) in [6.45, 7) is 2.04. The van der Waals surface area contributed by atoms with Crippen molar-refractivity contribution in [3.05, 3.63) is 93.4 Å². The zero-order valence-corrected chi connectivity index (χ0v) is 11.8. The zero-order valence-electron chi connectivity index (χ0n) is 11.8. The van der Waals surface area contributed by atoms with E-state index >= 15 is 0 Å². The molecule has 2 heterocycles. The second-order valence-corrected chi connectivity index (χ2v) is 5.14. The number of fused-ring (bicyclic) bond motifs is 2. The Morgan fingerprint density at radius 1 is 0.905 bits per heavy atom. The summed E-state index contributed by atoms with van der Waals surface area (Å²) in [5, 5.41) is 4.67. The highest BCUT2D eigenvalue weighted by atomic mass is 15.0. The maximum Gasteiger partial charge on any atom is 0.237 e. The van der Waals surface area contributed by atoms with Crippen LogP contribution < -0.4 is 25.7 Å². The molecule has 0 fully saturated rings. The molecule has 0 unspecified atom stereocenters. The molecule has 21 heavy (non-hydrogen) atoms. The van der Waals surface area contributed by atoms with Gasteiger partial charge in [-0.25, -0.2) is 4.99 Å². The number of para-hydroxylation sites is 2. The molecule has 0 aliphatic carbocycles. The van der Waals surface area contributed by atoms with Crippen molar-refractivity contribution in [2.24, 2.45) is 4.99 Å². The molecule has 0 saturated heterocycles. The van der Waals surface area contributed by atoms with Gasteiger partial charge in [0.25, 0.3) is 0 Å². The SMILES string of the molecule is CC=C[N+]1=c2ccccc2=CC1=C1C=c2ccccc2=N1. The van der Waals surface area contributed by atoms with Gasteiger partial charge < -0.3 is 0 Å². The molecule has 0 radical (unpaired) electrons. The number of allylic oxidation sites excluding steroid dienone is 3. The maximum atomic E-state index is 4.77. The summed E-state index contributed by atoms with van der Waals surface area (Å²) in [5.41, 5.74) is 2.15. The Balaban J connectivity index is 2.06. The molecule has 0 spiro atoms. The number of rotatable bonds is 1. The average molecular weight is 271 g/mol. The third-order valence-electron chi connectivity index (χ3n) is 3.78. The van der Waals surface area contributed by atoms with Gasteiger partial charge in [-0.15, -0.1) is 0 Å². The van der Waals surface area contributed by atoms with Crippen LogP contribution in [0, 0.1) is 0 Å². The molecule has 2 nitrogen and oxygen atoms in total. The second kappa shape index (κ2) is 4.67. The van der Waals surface area contributed by atoms with E-state index in [1.54, 1.807) is 0 Å². The van der Waals surface area contributed by atoms with Crippen molar-refractivity contribution < 1.29 is 0 Å². The van der Waals surface area contributed by atoms with E-state index in [9.17, 15) is 0 Å². The van der Waals surface area contributed by atoms with Gasteiger partial charge in [-0.3, -0.25) is 0 Å². The predicted octanol–water partition coefficient (Wildman–Crippen LogP) is 0.831. The molecular formula is C19H15N2+. The van der Waals surface area contributed by atoms with Crippen LogP contribution in [0.2, 0.25) is 0 Å². The predicted molar refractivity (Wildman–Crippen MR) is 84.9 cm³/mol. The minimum atomic E-state index is 1.02. The van der Waals surface area contributed by atoms with Gasteiger partial charge in [-0.1, -0.05) is 30.3 Å². The monoisotopic (exact) mass is 271 g/mol. The largest absolute Gasteiger partial charge is 0.241 e. The first-order valence-electron chi connectivity index (χ1n) is 7.12. The molecule has 2 heteroatoms. The third-order valence-corrected chi connectivity index (χ3v) is 3.78. The summed E-state index contributed by atoms with van der Waals surface area (Å²) in [6, 6.07) is 16.7. The molecular weight excluding hydrogens is 256 g/mol. The Labute approximate surface area is 122 Å². The number of hydrogen-bond donors (Lipinski definition) is 0. The maximum absolute atomic E-state index is 4.77.